The number of para-hydroxylation sites is 1. The first-order valence-electron chi connectivity index (χ1n) is 8.85. The lowest BCUT2D eigenvalue weighted by atomic mass is 10.2. The normalized spacial score (nSPS) is 11.0. The first-order valence-corrected chi connectivity index (χ1v) is 8.85. The van der Waals surface area contributed by atoms with Gasteiger partial charge in [-0.2, -0.15) is 5.10 Å². The summed E-state index contributed by atoms with van der Waals surface area (Å²) in [5.74, 6) is 1.19. The number of aryl methyl sites for hydroxylation is 2. The topological polar surface area (TPSA) is 73.0 Å². The van der Waals surface area contributed by atoms with Gasteiger partial charge in [0.05, 0.1) is 11.2 Å². The first kappa shape index (κ1) is 17.0. The van der Waals surface area contributed by atoms with Crippen molar-refractivity contribution in [1.82, 2.24) is 20.1 Å². The Bertz CT molecular complexity index is 1100. The van der Waals surface area contributed by atoms with Gasteiger partial charge in [0.15, 0.2) is 5.69 Å². The van der Waals surface area contributed by atoms with Crippen LogP contribution in [0, 0.1) is 6.92 Å². The highest BCUT2D eigenvalue weighted by atomic mass is 16.4. The van der Waals surface area contributed by atoms with Crippen molar-refractivity contribution in [3.63, 3.8) is 0 Å². The molecule has 6 nitrogen and oxygen atoms in total. The van der Waals surface area contributed by atoms with Gasteiger partial charge in [0.25, 0.3) is 5.91 Å². The lowest BCUT2D eigenvalue weighted by Crippen LogP contribution is -2.26. The molecule has 0 aliphatic carbocycles. The second-order valence-electron chi connectivity index (χ2n) is 6.38. The molecule has 4 aromatic rings. The second-order valence-corrected chi connectivity index (χ2v) is 6.38. The van der Waals surface area contributed by atoms with Gasteiger partial charge in [0, 0.05) is 31.0 Å². The molecule has 1 amide bonds. The SMILES string of the molecule is Cc1oc(-c2ccccc2)nc1CCNC(=O)c1nn(C)c2ccccc12. The molecule has 2 heterocycles. The molecule has 0 bridgehead atoms. The Balaban J connectivity index is 1.44. The van der Waals surface area contributed by atoms with Crippen molar-refractivity contribution in [3.8, 4) is 11.5 Å². The van der Waals surface area contributed by atoms with Crippen molar-refractivity contribution in [1.29, 1.82) is 0 Å². The van der Waals surface area contributed by atoms with Crippen molar-refractivity contribution in [3.05, 3.63) is 71.7 Å². The van der Waals surface area contributed by atoms with E-state index in [9.17, 15) is 4.79 Å². The van der Waals surface area contributed by atoms with E-state index in [-0.39, 0.29) is 5.91 Å². The number of amides is 1. The molecule has 0 saturated carbocycles. The highest BCUT2D eigenvalue weighted by molar-refractivity contribution is 6.04. The highest BCUT2D eigenvalue weighted by Crippen LogP contribution is 2.21. The molecular weight excluding hydrogens is 340 g/mol. The summed E-state index contributed by atoms with van der Waals surface area (Å²) in [6.07, 6.45) is 0.596. The van der Waals surface area contributed by atoms with Crippen molar-refractivity contribution in [2.24, 2.45) is 7.05 Å². The molecule has 0 radical (unpaired) electrons. The Morgan fingerprint density at radius 3 is 2.67 bits per heavy atom. The number of benzene rings is 2. The molecule has 2 aromatic carbocycles. The summed E-state index contributed by atoms with van der Waals surface area (Å²) in [5.41, 5.74) is 3.16. The third kappa shape index (κ3) is 3.33. The molecule has 0 fully saturated rings. The van der Waals surface area contributed by atoms with Crippen LogP contribution in [-0.4, -0.2) is 27.2 Å². The fourth-order valence-corrected chi connectivity index (χ4v) is 3.12. The first-order chi connectivity index (χ1) is 13.1. The van der Waals surface area contributed by atoms with E-state index in [1.165, 1.54) is 0 Å². The minimum Gasteiger partial charge on any atom is -0.441 e. The van der Waals surface area contributed by atoms with E-state index in [2.05, 4.69) is 15.4 Å². The summed E-state index contributed by atoms with van der Waals surface area (Å²) in [6.45, 7) is 2.36. The van der Waals surface area contributed by atoms with Crippen LogP contribution < -0.4 is 5.32 Å². The molecule has 0 unspecified atom stereocenters. The molecule has 0 atom stereocenters. The van der Waals surface area contributed by atoms with Crippen LogP contribution in [0.4, 0.5) is 0 Å². The monoisotopic (exact) mass is 360 g/mol. The third-order valence-electron chi connectivity index (χ3n) is 4.53. The second kappa shape index (κ2) is 7.07. The van der Waals surface area contributed by atoms with Gasteiger partial charge < -0.3 is 9.73 Å². The van der Waals surface area contributed by atoms with E-state index in [0.29, 0.717) is 24.6 Å². The van der Waals surface area contributed by atoms with Gasteiger partial charge in [-0.25, -0.2) is 4.98 Å². The van der Waals surface area contributed by atoms with Gasteiger partial charge in [-0.3, -0.25) is 9.48 Å². The van der Waals surface area contributed by atoms with Crippen molar-refractivity contribution >= 4 is 16.8 Å². The Hall–Kier alpha value is -3.41. The zero-order valence-electron chi connectivity index (χ0n) is 15.3. The summed E-state index contributed by atoms with van der Waals surface area (Å²) >= 11 is 0. The van der Waals surface area contributed by atoms with Gasteiger partial charge >= 0.3 is 0 Å². The summed E-state index contributed by atoms with van der Waals surface area (Å²) in [7, 11) is 1.84. The number of aromatic nitrogens is 3. The number of carbonyl (C=O) groups is 1. The van der Waals surface area contributed by atoms with Gasteiger partial charge in [-0.15, -0.1) is 0 Å². The third-order valence-corrected chi connectivity index (χ3v) is 4.53. The molecular formula is C21H20N4O2. The average molecular weight is 360 g/mol. The van der Waals surface area contributed by atoms with Crippen LogP contribution in [0.25, 0.3) is 22.4 Å². The molecule has 0 saturated heterocycles. The number of hydrogen-bond acceptors (Lipinski definition) is 4. The maximum atomic E-state index is 12.5. The van der Waals surface area contributed by atoms with Gasteiger partial charge in [-0.1, -0.05) is 36.4 Å². The Morgan fingerprint density at radius 1 is 1.11 bits per heavy atom. The number of hydrogen-bond donors (Lipinski definition) is 1. The van der Waals surface area contributed by atoms with E-state index < -0.39 is 0 Å². The fourth-order valence-electron chi connectivity index (χ4n) is 3.12. The summed E-state index contributed by atoms with van der Waals surface area (Å²) in [5, 5.41) is 8.13. The largest absolute Gasteiger partial charge is 0.441 e. The van der Waals surface area contributed by atoms with Crippen molar-refractivity contribution in [2.75, 3.05) is 6.54 Å². The van der Waals surface area contributed by atoms with Crippen LogP contribution in [0.3, 0.4) is 0 Å². The van der Waals surface area contributed by atoms with Crippen molar-refractivity contribution < 1.29 is 9.21 Å². The van der Waals surface area contributed by atoms with Crippen LogP contribution in [0.2, 0.25) is 0 Å². The molecule has 0 aliphatic heterocycles. The predicted octanol–water partition coefficient (Wildman–Crippen LogP) is 3.51. The molecule has 0 aliphatic rings. The smallest absolute Gasteiger partial charge is 0.272 e. The number of oxazole rings is 1. The molecule has 0 spiro atoms. The van der Waals surface area contributed by atoms with E-state index in [4.69, 9.17) is 4.42 Å². The maximum Gasteiger partial charge on any atom is 0.272 e. The van der Waals surface area contributed by atoms with Gasteiger partial charge in [-0.05, 0) is 25.1 Å². The Morgan fingerprint density at radius 2 is 1.85 bits per heavy atom. The number of rotatable bonds is 5. The highest BCUT2D eigenvalue weighted by Gasteiger charge is 2.16. The van der Waals surface area contributed by atoms with Gasteiger partial charge in [0.1, 0.15) is 5.76 Å². The maximum absolute atomic E-state index is 12.5. The molecule has 2 aromatic heterocycles. The van der Waals surface area contributed by atoms with E-state index in [1.54, 1.807) is 4.68 Å². The number of nitrogens with one attached hydrogen (secondary N) is 1. The molecule has 4 rings (SSSR count). The van der Waals surface area contributed by atoms with E-state index in [1.807, 2.05) is 68.6 Å². The molecule has 27 heavy (non-hydrogen) atoms. The standard InChI is InChI=1S/C21H20N4O2/c1-14-17(23-21(27-14)15-8-4-3-5-9-15)12-13-22-20(26)19-16-10-6-7-11-18(16)25(2)24-19/h3-11H,12-13H2,1-2H3,(H,22,26). The minimum absolute atomic E-state index is 0.184. The lowest BCUT2D eigenvalue weighted by molar-refractivity contribution is 0.0950. The van der Waals surface area contributed by atoms with Crippen molar-refractivity contribution in [2.45, 2.75) is 13.3 Å². The molecule has 1 N–H and O–H groups in total. The summed E-state index contributed by atoms with van der Waals surface area (Å²) in [4.78, 5) is 17.1. The van der Waals surface area contributed by atoms with Crippen LogP contribution in [-0.2, 0) is 13.5 Å². The number of nitrogens with zero attached hydrogens (tertiary/aromatic N) is 3. The average Bonchev–Trinajstić information content (AvgIpc) is 3.23. The fraction of sp³-hybridized carbons (Fsp3) is 0.190. The van der Waals surface area contributed by atoms with Crippen LogP contribution in [0.1, 0.15) is 21.9 Å². The van der Waals surface area contributed by atoms with Crippen LogP contribution in [0.15, 0.2) is 59.0 Å². The molecule has 6 heteroatoms. The van der Waals surface area contributed by atoms with Crippen LogP contribution in [0.5, 0.6) is 0 Å². The number of fused-ring (bicyclic) bond motifs is 1. The zero-order chi connectivity index (χ0) is 18.8. The number of carbonyl (C=O) groups excluding carboxylic acids is 1. The van der Waals surface area contributed by atoms with Gasteiger partial charge in [0.2, 0.25) is 5.89 Å². The zero-order valence-corrected chi connectivity index (χ0v) is 15.3. The van der Waals surface area contributed by atoms with Crippen LogP contribution >= 0.6 is 0 Å². The lowest BCUT2D eigenvalue weighted by Gasteiger charge is -2.02. The Kier molecular flexibility index (Phi) is 4.46. The molecule has 136 valence electrons. The quantitative estimate of drug-likeness (QED) is 0.591. The summed E-state index contributed by atoms with van der Waals surface area (Å²) in [6, 6.07) is 17.5. The summed E-state index contributed by atoms with van der Waals surface area (Å²) < 4.78 is 7.48. The van der Waals surface area contributed by atoms with E-state index >= 15 is 0 Å². The Labute approximate surface area is 156 Å². The van der Waals surface area contributed by atoms with E-state index in [0.717, 1.165) is 27.9 Å². The minimum atomic E-state index is -0.184. The predicted molar refractivity (Wildman–Crippen MR) is 103 cm³/mol.